The van der Waals surface area contributed by atoms with Crippen molar-refractivity contribution in [2.24, 2.45) is 0 Å². The van der Waals surface area contributed by atoms with Gasteiger partial charge < -0.3 is 37.9 Å². The van der Waals surface area contributed by atoms with Crippen molar-refractivity contribution in [3.63, 3.8) is 0 Å². The first-order valence-electron chi connectivity index (χ1n) is 15.0. The largest absolute Gasteiger partial charge is 0.466 e. The van der Waals surface area contributed by atoms with E-state index >= 15 is 0 Å². The Morgan fingerprint density at radius 1 is 0.385 bits per heavy atom. The number of unbranched alkanes of at least 4 members (excludes halogenated alkanes) is 8. The minimum Gasteiger partial charge on any atom is -0.466 e. The molecule has 0 atom stereocenters. The Kier molecular flexibility index (Phi) is 31.8. The van der Waals surface area contributed by atoms with Gasteiger partial charge in [0.25, 0.3) is 0 Å². The SMILES string of the molecule is CCCCCCCCCCCC(=O)OCCOCCOCCOCCOCCOCCOCCC(=O)OCC. The zero-order chi connectivity index (χ0) is 28.5. The summed E-state index contributed by atoms with van der Waals surface area (Å²) in [5, 5.41) is 0. The van der Waals surface area contributed by atoms with Crippen molar-refractivity contribution in [2.75, 3.05) is 92.5 Å². The maximum Gasteiger partial charge on any atom is 0.308 e. The lowest BCUT2D eigenvalue weighted by Crippen LogP contribution is -2.15. The van der Waals surface area contributed by atoms with Crippen molar-refractivity contribution >= 4 is 11.9 Å². The Balaban J connectivity index is 3.14. The van der Waals surface area contributed by atoms with Gasteiger partial charge in [0, 0.05) is 6.42 Å². The molecule has 39 heavy (non-hydrogen) atoms. The molecular formula is C29H56O10. The fraction of sp³-hybridized carbons (Fsp3) is 0.931. The summed E-state index contributed by atoms with van der Waals surface area (Å²) in [6.07, 6.45) is 11.9. The van der Waals surface area contributed by atoms with E-state index in [0.717, 1.165) is 12.8 Å². The van der Waals surface area contributed by atoms with Crippen LogP contribution in [0.2, 0.25) is 0 Å². The maximum absolute atomic E-state index is 11.7. The first-order valence-corrected chi connectivity index (χ1v) is 15.0. The first-order chi connectivity index (χ1) is 19.2. The van der Waals surface area contributed by atoms with Crippen molar-refractivity contribution in [3.8, 4) is 0 Å². The molecule has 0 radical (unpaired) electrons. The number of rotatable bonds is 32. The van der Waals surface area contributed by atoms with Gasteiger partial charge in [0.2, 0.25) is 0 Å². The van der Waals surface area contributed by atoms with E-state index in [4.69, 9.17) is 37.9 Å². The summed E-state index contributed by atoms with van der Waals surface area (Å²) in [6.45, 7) is 10.1. The summed E-state index contributed by atoms with van der Waals surface area (Å²) >= 11 is 0. The number of hydrogen-bond acceptors (Lipinski definition) is 10. The number of carbonyl (C=O) groups is 2. The number of carbonyl (C=O) groups excluding carboxylic acids is 2. The van der Waals surface area contributed by atoms with Gasteiger partial charge in [-0.25, -0.2) is 0 Å². The van der Waals surface area contributed by atoms with Crippen LogP contribution >= 0.6 is 0 Å². The minimum absolute atomic E-state index is 0.138. The highest BCUT2D eigenvalue weighted by Gasteiger charge is 2.03. The number of ether oxygens (including phenoxy) is 8. The summed E-state index contributed by atoms with van der Waals surface area (Å²) in [7, 11) is 0. The number of esters is 2. The minimum atomic E-state index is -0.250. The Morgan fingerprint density at radius 3 is 1.18 bits per heavy atom. The van der Waals surface area contributed by atoms with Gasteiger partial charge >= 0.3 is 11.9 Å². The van der Waals surface area contributed by atoms with Crippen LogP contribution in [0.25, 0.3) is 0 Å². The highest BCUT2D eigenvalue weighted by Crippen LogP contribution is 2.10. The summed E-state index contributed by atoms with van der Waals surface area (Å²) in [6, 6.07) is 0. The molecule has 0 aromatic carbocycles. The second kappa shape index (κ2) is 32.9. The quantitative estimate of drug-likeness (QED) is 0.0856. The molecule has 0 amide bonds. The van der Waals surface area contributed by atoms with Gasteiger partial charge in [-0.2, -0.15) is 0 Å². The van der Waals surface area contributed by atoms with Crippen LogP contribution in [0.15, 0.2) is 0 Å². The van der Waals surface area contributed by atoms with E-state index in [2.05, 4.69) is 6.92 Å². The normalized spacial score (nSPS) is 11.1. The second-order valence-corrected chi connectivity index (χ2v) is 9.03. The summed E-state index contributed by atoms with van der Waals surface area (Å²) < 4.78 is 42.4. The van der Waals surface area contributed by atoms with Crippen LogP contribution in [-0.4, -0.2) is 104 Å². The van der Waals surface area contributed by atoms with Crippen molar-refractivity contribution in [1.82, 2.24) is 0 Å². The summed E-state index contributed by atoms with van der Waals surface area (Å²) in [5.74, 6) is -0.388. The molecule has 0 bridgehead atoms. The molecule has 0 aromatic heterocycles. The van der Waals surface area contributed by atoms with Gasteiger partial charge in [-0.15, -0.1) is 0 Å². The van der Waals surface area contributed by atoms with Gasteiger partial charge in [0.1, 0.15) is 6.61 Å². The third-order valence-electron chi connectivity index (χ3n) is 5.59. The molecule has 0 heterocycles. The van der Waals surface area contributed by atoms with Crippen LogP contribution in [-0.2, 0) is 47.5 Å². The van der Waals surface area contributed by atoms with Crippen LogP contribution in [0.1, 0.15) is 84.5 Å². The van der Waals surface area contributed by atoms with Crippen molar-refractivity contribution in [1.29, 1.82) is 0 Å². The second-order valence-electron chi connectivity index (χ2n) is 9.03. The average Bonchev–Trinajstić information content (AvgIpc) is 2.93. The fourth-order valence-corrected chi connectivity index (χ4v) is 3.46. The van der Waals surface area contributed by atoms with E-state index in [1.807, 2.05) is 0 Å². The third kappa shape index (κ3) is 32.8. The first kappa shape index (κ1) is 37.7. The molecule has 0 fully saturated rings. The van der Waals surface area contributed by atoms with Crippen LogP contribution < -0.4 is 0 Å². The van der Waals surface area contributed by atoms with Crippen molar-refractivity contribution in [3.05, 3.63) is 0 Å². The molecule has 0 aliphatic rings. The van der Waals surface area contributed by atoms with Gasteiger partial charge in [-0.05, 0) is 13.3 Å². The molecule has 0 aliphatic heterocycles. The highest BCUT2D eigenvalue weighted by atomic mass is 16.6. The maximum atomic E-state index is 11.7. The predicted molar refractivity (Wildman–Crippen MR) is 149 cm³/mol. The van der Waals surface area contributed by atoms with Gasteiger partial charge in [-0.1, -0.05) is 58.3 Å². The topological polar surface area (TPSA) is 108 Å². The van der Waals surface area contributed by atoms with Crippen LogP contribution in [0.4, 0.5) is 0 Å². The Morgan fingerprint density at radius 2 is 0.744 bits per heavy atom. The fourth-order valence-electron chi connectivity index (χ4n) is 3.46. The summed E-state index contributed by atoms with van der Waals surface area (Å²) in [4.78, 5) is 22.9. The molecule has 10 nitrogen and oxygen atoms in total. The molecule has 0 N–H and O–H groups in total. The van der Waals surface area contributed by atoms with E-state index < -0.39 is 0 Å². The highest BCUT2D eigenvalue weighted by molar-refractivity contribution is 5.69. The lowest BCUT2D eigenvalue weighted by molar-refractivity contribution is -0.146. The standard InChI is InChI=1S/C29H56O10/c1-3-5-6-7-8-9-10-11-12-13-28(30)39-27-26-37-25-24-36-23-22-35-21-20-34-19-18-33-17-16-32-15-14-29(31)38-4-2/h3-27H2,1-2H3. The van der Waals surface area contributed by atoms with Crippen molar-refractivity contribution in [2.45, 2.75) is 84.5 Å². The van der Waals surface area contributed by atoms with Crippen LogP contribution in [0.3, 0.4) is 0 Å². The molecular weight excluding hydrogens is 508 g/mol. The molecule has 0 saturated carbocycles. The van der Waals surface area contributed by atoms with Crippen LogP contribution in [0, 0.1) is 0 Å². The van der Waals surface area contributed by atoms with E-state index in [1.54, 1.807) is 6.92 Å². The Labute approximate surface area is 236 Å². The molecule has 0 aromatic rings. The van der Waals surface area contributed by atoms with Crippen LogP contribution in [0.5, 0.6) is 0 Å². The van der Waals surface area contributed by atoms with E-state index in [-0.39, 0.29) is 25.0 Å². The zero-order valence-corrected chi connectivity index (χ0v) is 24.8. The molecule has 0 aliphatic carbocycles. The Hall–Kier alpha value is -1.30. The molecule has 0 saturated heterocycles. The lowest BCUT2D eigenvalue weighted by Gasteiger charge is -2.08. The Bertz CT molecular complexity index is 518. The number of hydrogen-bond donors (Lipinski definition) is 0. The smallest absolute Gasteiger partial charge is 0.308 e. The molecule has 0 spiro atoms. The van der Waals surface area contributed by atoms with E-state index in [0.29, 0.717) is 92.3 Å². The molecule has 0 unspecified atom stereocenters. The molecule has 0 rings (SSSR count). The average molecular weight is 565 g/mol. The zero-order valence-electron chi connectivity index (χ0n) is 24.8. The van der Waals surface area contributed by atoms with E-state index in [9.17, 15) is 9.59 Å². The van der Waals surface area contributed by atoms with Gasteiger partial charge in [0.15, 0.2) is 0 Å². The van der Waals surface area contributed by atoms with Gasteiger partial charge in [-0.3, -0.25) is 9.59 Å². The molecule has 232 valence electrons. The van der Waals surface area contributed by atoms with E-state index in [1.165, 1.54) is 44.9 Å². The monoisotopic (exact) mass is 564 g/mol. The lowest BCUT2D eigenvalue weighted by atomic mass is 10.1. The molecule has 10 heteroatoms. The third-order valence-corrected chi connectivity index (χ3v) is 5.59. The summed E-state index contributed by atoms with van der Waals surface area (Å²) in [5.41, 5.74) is 0. The van der Waals surface area contributed by atoms with Crippen molar-refractivity contribution < 1.29 is 47.5 Å². The predicted octanol–water partition coefficient (Wildman–Crippen LogP) is 4.50. The van der Waals surface area contributed by atoms with Gasteiger partial charge in [0.05, 0.1) is 92.3 Å².